The van der Waals surface area contributed by atoms with Crippen molar-refractivity contribution < 1.29 is 29.3 Å². The summed E-state index contributed by atoms with van der Waals surface area (Å²) in [5.74, 6) is -1.52. The molecular formula is C24H29LiN2O6. The number of rotatable bonds is 5. The summed E-state index contributed by atoms with van der Waals surface area (Å²) < 4.78 is 5.54. The number of amides is 2. The van der Waals surface area contributed by atoms with Gasteiger partial charge >= 0.3 is 30.9 Å². The fourth-order valence-electron chi connectivity index (χ4n) is 3.61. The predicted molar refractivity (Wildman–Crippen MR) is 125 cm³/mol. The third-order valence-electron chi connectivity index (χ3n) is 5.23. The zero-order chi connectivity index (χ0) is 23.5. The van der Waals surface area contributed by atoms with Crippen LogP contribution >= 0.6 is 0 Å². The zero-order valence-corrected chi connectivity index (χ0v) is 18.4. The number of ether oxygens (including phenoxy) is 1. The molecule has 0 bridgehead atoms. The van der Waals surface area contributed by atoms with Gasteiger partial charge in [0.25, 0.3) is 5.91 Å². The molecule has 2 aromatic rings. The summed E-state index contributed by atoms with van der Waals surface area (Å²) in [6, 6.07) is 12.7. The van der Waals surface area contributed by atoms with E-state index in [0.717, 1.165) is 11.1 Å². The van der Waals surface area contributed by atoms with Crippen molar-refractivity contribution in [3.8, 4) is 0 Å². The van der Waals surface area contributed by atoms with Crippen LogP contribution in [-0.2, 0) is 17.7 Å². The molecule has 0 saturated heterocycles. The van der Waals surface area contributed by atoms with Crippen molar-refractivity contribution >= 4 is 36.8 Å². The Labute approximate surface area is 205 Å². The second kappa shape index (κ2) is 10.9. The molecule has 1 aliphatic rings. The first-order chi connectivity index (χ1) is 15.0. The van der Waals surface area contributed by atoms with Gasteiger partial charge in [-0.2, -0.15) is 0 Å². The third-order valence-corrected chi connectivity index (χ3v) is 5.23. The Bertz CT molecular complexity index is 1000. The number of hydrogen-bond acceptors (Lipinski definition) is 5. The first-order valence-corrected chi connectivity index (χ1v) is 10.4. The van der Waals surface area contributed by atoms with Crippen LogP contribution in [0.1, 0.15) is 52.6 Å². The molecule has 1 aliphatic heterocycles. The summed E-state index contributed by atoms with van der Waals surface area (Å²) in [4.78, 5) is 37.7. The Kier molecular flexibility index (Phi) is 8.73. The van der Waals surface area contributed by atoms with Crippen LogP contribution in [-0.4, -0.2) is 76.2 Å². The van der Waals surface area contributed by atoms with E-state index in [-0.39, 0.29) is 36.5 Å². The van der Waals surface area contributed by atoms with Crippen LogP contribution in [0.5, 0.6) is 0 Å². The van der Waals surface area contributed by atoms with Gasteiger partial charge in [-0.3, -0.25) is 9.69 Å². The minimum absolute atomic E-state index is 0. The normalized spacial score (nSPS) is 16.1. The van der Waals surface area contributed by atoms with Crippen LogP contribution in [0, 0.1) is 0 Å². The number of nitrogens with one attached hydrogen (secondary N) is 1. The Morgan fingerprint density at radius 2 is 1.64 bits per heavy atom. The second-order valence-corrected chi connectivity index (χ2v) is 8.81. The SMILES string of the molecule is CC(C)(C)OC(=O)N1Cc2ccccc2C[C@H]1[C@H](O)CNC(=O)c1ccc(C(=O)O)cc1.[LiH]. The molecule has 0 unspecified atom stereocenters. The van der Waals surface area contributed by atoms with Gasteiger partial charge in [0.2, 0.25) is 0 Å². The molecule has 0 spiro atoms. The fourth-order valence-corrected chi connectivity index (χ4v) is 3.61. The Hall–Kier alpha value is -2.79. The van der Waals surface area contributed by atoms with Crippen molar-refractivity contribution in [1.82, 2.24) is 10.2 Å². The number of carboxylic acids is 1. The molecule has 0 aliphatic carbocycles. The van der Waals surface area contributed by atoms with E-state index in [1.54, 1.807) is 20.8 Å². The number of fused-ring (bicyclic) bond motifs is 1. The van der Waals surface area contributed by atoms with Crippen LogP contribution < -0.4 is 5.32 Å². The average molecular weight is 448 g/mol. The molecule has 172 valence electrons. The number of aliphatic hydroxyl groups excluding tert-OH is 1. The topological polar surface area (TPSA) is 116 Å². The number of carbonyl (C=O) groups is 3. The van der Waals surface area contributed by atoms with Crippen LogP contribution in [0.2, 0.25) is 0 Å². The number of hydrogen-bond donors (Lipinski definition) is 3. The van der Waals surface area contributed by atoms with Gasteiger partial charge in [-0.15, -0.1) is 0 Å². The molecule has 0 fully saturated rings. The maximum absolute atomic E-state index is 12.8. The van der Waals surface area contributed by atoms with E-state index in [1.807, 2.05) is 24.3 Å². The van der Waals surface area contributed by atoms with Crippen LogP contribution in [0.15, 0.2) is 48.5 Å². The molecule has 2 atom stereocenters. The third kappa shape index (κ3) is 6.84. The van der Waals surface area contributed by atoms with E-state index in [9.17, 15) is 19.5 Å². The summed E-state index contributed by atoms with van der Waals surface area (Å²) in [5, 5.41) is 22.5. The molecule has 2 amide bonds. The number of carboxylic acid groups (broad SMARTS) is 1. The number of benzene rings is 2. The molecule has 8 nitrogen and oxygen atoms in total. The van der Waals surface area contributed by atoms with Gasteiger partial charge < -0.3 is 20.3 Å². The molecule has 1 heterocycles. The van der Waals surface area contributed by atoms with Gasteiger partial charge in [-0.05, 0) is 62.6 Å². The van der Waals surface area contributed by atoms with Gasteiger partial charge in [-0.25, -0.2) is 9.59 Å². The fraction of sp³-hybridized carbons (Fsp3) is 0.375. The van der Waals surface area contributed by atoms with E-state index in [0.29, 0.717) is 13.0 Å². The van der Waals surface area contributed by atoms with Crippen molar-refractivity contribution in [3.63, 3.8) is 0 Å². The van der Waals surface area contributed by atoms with E-state index < -0.39 is 35.7 Å². The zero-order valence-electron chi connectivity index (χ0n) is 18.4. The number of aliphatic hydroxyl groups is 1. The first kappa shape index (κ1) is 26.5. The predicted octanol–water partition coefficient (Wildman–Crippen LogP) is 2.19. The van der Waals surface area contributed by atoms with Crippen LogP contribution in [0.25, 0.3) is 0 Å². The van der Waals surface area contributed by atoms with E-state index >= 15 is 0 Å². The quantitative estimate of drug-likeness (QED) is 0.604. The number of aromatic carboxylic acids is 1. The van der Waals surface area contributed by atoms with E-state index in [2.05, 4.69) is 5.32 Å². The standard InChI is InChI=1S/C24H28N2O6.Li.H/c1-24(2,3)32-23(31)26-14-18-7-5-4-6-17(18)12-19(26)20(27)13-25-21(28)15-8-10-16(11-9-15)22(29)30;;/h4-11,19-20,27H,12-14H2,1-3H3,(H,25,28)(H,29,30);;/t19-,20+;;/m0../s1. The van der Waals surface area contributed by atoms with Gasteiger partial charge in [0, 0.05) is 18.7 Å². The molecule has 0 radical (unpaired) electrons. The van der Waals surface area contributed by atoms with Crippen LogP contribution in [0.3, 0.4) is 0 Å². The molecule has 0 saturated carbocycles. The monoisotopic (exact) mass is 448 g/mol. The summed E-state index contributed by atoms with van der Waals surface area (Å²) >= 11 is 0. The van der Waals surface area contributed by atoms with E-state index in [4.69, 9.17) is 9.84 Å². The molecule has 9 heteroatoms. The van der Waals surface area contributed by atoms with Crippen molar-refractivity contribution in [2.24, 2.45) is 0 Å². The van der Waals surface area contributed by atoms with Crippen molar-refractivity contribution in [3.05, 3.63) is 70.8 Å². The van der Waals surface area contributed by atoms with Crippen molar-refractivity contribution in [1.29, 1.82) is 0 Å². The molecular weight excluding hydrogens is 419 g/mol. The Balaban J connectivity index is 0.00000385. The molecule has 2 aromatic carbocycles. The van der Waals surface area contributed by atoms with Crippen molar-refractivity contribution in [2.45, 2.75) is 51.5 Å². The van der Waals surface area contributed by atoms with Gasteiger partial charge in [-0.1, -0.05) is 24.3 Å². The molecule has 3 N–H and O–H groups in total. The number of nitrogens with zero attached hydrogens (tertiary/aromatic N) is 1. The summed E-state index contributed by atoms with van der Waals surface area (Å²) in [5.41, 5.74) is 1.70. The van der Waals surface area contributed by atoms with Crippen molar-refractivity contribution in [2.75, 3.05) is 6.54 Å². The van der Waals surface area contributed by atoms with Gasteiger partial charge in [0.15, 0.2) is 0 Å². The maximum atomic E-state index is 12.8. The Morgan fingerprint density at radius 3 is 2.21 bits per heavy atom. The van der Waals surface area contributed by atoms with E-state index in [1.165, 1.54) is 29.2 Å². The Morgan fingerprint density at radius 1 is 1.06 bits per heavy atom. The molecule has 0 aromatic heterocycles. The summed E-state index contributed by atoms with van der Waals surface area (Å²) in [6.45, 7) is 5.57. The minimum atomic E-state index is -1.08. The van der Waals surface area contributed by atoms with Gasteiger partial charge in [0.1, 0.15) is 5.60 Å². The summed E-state index contributed by atoms with van der Waals surface area (Å²) in [7, 11) is 0. The average Bonchev–Trinajstić information content (AvgIpc) is 2.75. The van der Waals surface area contributed by atoms with Crippen LogP contribution in [0.4, 0.5) is 4.79 Å². The van der Waals surface area contributed by atoms with Gasteiger partial charge in [0.05, 0.1) is 17.7 Å². The second-order valence-electron chi connectivity index (χ2n) is 8.81. The first-order valence-electron chi connectivity index (χ1n) is 10.4. The molecule has 33 heavy (non-hydrogen) atoms. The number of carbonyl (C=O) groups excluding carboxylic acids is 2. The summed E-state index contributed by atoms with van der Waals surface area (Å²) in [6.07, 6.45) is -1.12. The molecule has 3 rings (SSSR count).